The molecule has 2 heterocycles. The molecule has 0 radical (unpaired) electrons. The summed E-state index contributed by atoms with van der Waals surface area (Å²) in [6.07, 6.45) is -0.334. The number of halogens is 3. The summed E-state index contributed by atoms with van der Waals surface area (Å²) in [7, 11) is 3.69. The molecule has 0 aromatic heterocycles. The van der Waals surface area contributed by atoms with Crippen LogP contribution in [-0.2, 0) is 16.6 Å². The highest BCUT2D eigenvalue weighted by atomic mass is 19.4. The molecule has 10 heteroatoms. The summed E-state index contributed by atoms with van der Waals surface area (Å²) in [5.41, 5.74) is 0.492. The highest BCUT2D eigenvalue weighted by Gasteiger charge is 2.73. The Morgan fingerprint density at radius 3 is 2.82 bits per heavy atom. The maximum absolute atomic E-state index is 13.3. The number of rotatable bonds is 4. The summed E-state index contributed by atoms with van der Waals surface area (Å²) in [6.45, 7) is 0.752. The molecular formula is C28H29F3N2O5. The summed E-state index contributed by atoms with van der Waals surface area (Å²) >= 11 is 0. The van der Waals surface area contributed by atoms with Gasteiger partial charge < -0.3 is 29.5 Å². The number of hydrogen-bond donors (Lipinski definition) is 2. The largest absolute Gasteiger partial charge is 0.573 e. The molecule has 1 saturated carbocycles. The fourth-order valence-corrected chi connectivity index (χ4v) is 7.39. The van der Waals surface area contributed by atoms with Crippen molar-refractivity contribution in [2.45, 2.75) is 61.2 Å². The van der Waals surface area contributed by atoms with E-state index in [0.29, 0.717) is 37.0 Å². The summed E-state index contributed by atoms with van der Waals surface area (Å²) in [4.78, 5) is 17.1. The normalized spacial score (nSPS) is 31.6. The number of benzene rings is 2. The molecule has 202 valence electrons. The van der Waals surface area contributed by atoms with Crippen molar-refractivity contribution in [3.8, 4) is 17.2 Å². The molecular weight excluding hydrogens is 501 g/mol. The third-order valence-electron chi connectivity index (χ3n) is 9.05. The lowest BCUT2D eigenvalue weighted by Gasteiger charge is -2.64. The molecule has 4 aliphatic rings. The maximum Gasteiger partial charge on any atom is 0.573 e. The number of likely N-dealkylation sites (N-methyl/N-ethyl adjacent to an activating group) is 2. The van der Waals surface area contributed by atoms with Crippen molar-refractivity contribution < 1.29 is 37.7 Å². The molecule has 2 unspecified atom stereocenters. The van der Waals surface area contributed by atoms with Crippen LogP contribution in [-0.4, -0.2) is 76.7 Å². The van der Waals surface area contributed by atoms with E-state index in [1.54, 1.807) is 24.1 Å². The van der Waals surface area contributed by atoms with Crippen molar-refractivity contribution in [3.05, 3.63) is 59.2 Å². The van der Waals surface area contributed by atoms with Crippen molar-refractivity contribution in [1.29, 1.82) is 0 Å². The minimum atomic E-state index is -4.81. The molecule has 7 nitrogen and oxygen atoms in total. The Bertz CT molecular complexity index is 1330. The average Bonchev–Trinajstić information content (AvgIpc) is 3.21. The summed E-state index contributed by atoms with van der Waals surface area (Å²) in [5.74, 6) is -0.282. The van der Waals surface area contributed by atoms with Crippen LogP contribution in [0.2, 0.25) is 0 Å². The smallest absolute Gasteiger partial charge is 0.504 e. The van der Waals surface area contributed by atoms with E-state index < -0.39 is 23.5 Å². The number of hydrogen-bond acceptors (Lipinski definition) is 6. The first kappa shape index (κ1) is 25.1. The topological polar surface area (TPSA) is 82.5 Å². The van der Waals surface area contributed by atoms with Crippen LogP contribution in [0.1, 0.15) is 36.0 Å². The van der Waals surface area contributed by atoms with E-state index in [2.05, 4.69) is 9.64 Å². The van der Waals surface area contributed by atoms with E-state index in [9.17, 15) is 28.2 Å². The van der Waals surface area contributed by atoms with Crippen LogP contribution in [0.5, 0.6) is 17.2 Å². The molecule has 2 aromatic carbocycles. The summed E-state index contributed by atoms with van der Waals surface area (Å²) in [6, 6.07) is 8.46. The maximum atomic E-state index is 13.3. The number of phenolic OH excluding ortho intramolecular Hbond substituents is 1. The summed E-state index contributed by atoms with van der Waals surface area (Å²) < 4.78 is 48.1. The minimum Gasteiger partial charge on any atom is -0.504 e. The first-order chi connectivity index (χ1) is 17.9. The monoisotopic (exact) mass is 530 g/mol. The second-order valence-corrected chi connectivity index (χ2v) is 10.8. The van der Waals surface area contributed by atoms with Crippen LogP contribution in [0.15, 0.2) is 42.5 Å². The van der Waals surface area contributed by atoms with Gasteiger partial charge >= 0.3 is 6.36 Å². The predicted octanol–water partition coefficient (Wildman–Crippen LogP) is 3.62. The van der Waals surface area contributed by atoms with Gasteiger partial charge in [0.05, 0.1) is 17.1 Å². The molecule has 5 atom stereocenters. The van der Waals surface area contributed by atoms with Gasteiger partial charge in [0, 0.05) is 24.7 Å². The van der Waals surface area contributed by atoms with Gasteiger partial charge in [-0.2, -0.15) is 0 Å². The van der Waals surface area contributed by atoms with Crippen LogP contribution in [0.4, 0.5) is 13.2 Å². The first-order valence-corrected chi connectivity index (χ1v) is 12.7. The van der Waals surface area contributed by atoms with Gasteiger partial charge in [0.25, 0.3) is 0 Å². The third-order valence-corrected chi connectivity index (χ3v) is 9.05. The minimum absolute atomic E-state index is 0.0286. The lowest BCUT2D eigenvalue weighted by molar-refractivity contribution is -0.274. The Hall–Kier alpha value is -3.24. The summed E-state index contributed by atoms with van der Waals surface area (Å²) in [5, 5.41) is 22.9. The second-order valence-electron chi connectivity index (χ2n) is 10.8. The number of phenols is 1. The zero-order chi connectivity index (χ0) is 27.0. The number of aromatic hydroxyl groups is 1. The molecule has 1 saturated heterocycles. The quantitative estimate of drug-likeness (QED) is 0.588. The number of carbonyl (C=O) groups is 1. The lowest BCUT2D eigenvalue weighted by atomic mass is 9.48. The van der Waals surface area contributed by atoms with E-state index in [1.165, 1.54) is 30.4 Å². The van der Waals surface area contributed by atoms with Crippen molar-refractivity contribution in [2.24, 2.45) is 0 Å². The molecule has 2 N–H and O–H groups in total. The standard InChI is InChI=1S/C28H29F3N2O5/c1-32-13-12-26-23-17-7-8-20(34)24(23)37-25(26)19(10-11-27(26,36)21(32)15-17)33(2)22(35)9-6-16-4-3-5-18(14-16)38-28(29,30)31/h3-9,14,19,21,25,34,36H,10-13,15H2,1-2H3/b9-6+/t19?,21-,25?,26+,27-/m1/s1. The van der Waals surface area contributed by atoms with Gasteiger partial charge in [-0.25, -0.2) is 0 Å². The van der Waals surface area contributed by atoms with Gasteiger partial charge in [0.15, 0.2) is 11.5 Å². The Balaban J connectivity index is 1.30. The number of aliphatic hydroxyl groups is 1. The number of alkyl halides is 3. The van der Waals surface area contributed by atoms with Gasteiger partial charge in [0.1, 0.15) is 11.9 Å². The zero-order valence-electron chi connectivity index (χ0n) is 21.0. The van der Waals surface area contributed by atoms with Crippen LogP contribution >= 0.6 is 0 Å². The Labute approximate surface area is 218 Å². The highest BCUT2D eigenvalue weighted by molar-refractivity contribution is 5.92. The molecule has 6 rings (SSSR count). The van der Waals surface area contributed by atoms with E-state index in [-0.39, 0.29) is 29.5 Å². The third kappa shape index (κ3) is 3.53. The van der Waals surface area contributed by atoms with Crippen LogP contribution < -0.4 is 9.47 Å². The second kappa shape index (κ2) is 8.38. The number of carbonyl (C=O) groups excluding carboxylic acids is 1. The van der Waals surface area contributed by atoms with E-state index in [4.69, 9.17) is 4.74 Å². The highest BCUT2D eigenvalue weighted by Crippen LogP contribution is 2.65. The molecule has 1 spiro atoms. The van der Waals surface area contributed by atoms with Crippen molar-refractivity contribution >= 4 is 12.0 Å². The zero-order valence-corrected chi connectivity index (χ0v) is 21.0. The average molecular weight is 531 g/mol. The van der Waals surface area contributed by atoms with Crippen LogP contribution in [0.3, 0.4) is 0 Å². The molecule has 2 aliphatic carbocycles. The molecule has 2 bridgehead atoms. The number of likely N-dealkylation sites (tertiary alicyclic amines) is 1. The molecule has 2 fully saturated rings. The SMILES string of the molecule is CN(C(=O)/C=C/c1cccc(OC(F)(F)F)c1)C1CC[C@@]2(O)[C@H]3Cc4ccc(O)c5c4[C@@]2(CCN3C)C1O5. The number of ether oxygens (including phenoxy) is 2. The van der Waals surface area contributed by atoms with Gasteiger partial charge in [-0.05, 0) is 74.7 Å². The van der Waals surface area contributed by atoms with Crippen molar-refractivity contribution in [3.63, 3.8) is 0 Å². The predicted molar refractivity (Wildman–Crippen MR) is 132 cm³/mol. The molecule has 2 aliphatic heterocycles. The Morgan fingerprint density at radius 1 is 1.26 bits per heavy atom. The van der Waals surface area contributed by atoms with Crippen LogP contribution in [0, 0.1) is 0 Å². The van der Waals surface area contributed by atoms with Gasteiger partial charge in [-0.3, -0.25) is 4.79 Å². The van der Waals surface area contributed by atoms with Crippen LogP contribution in [0.25, 0.3) is 6.08 Å². The number of nitrogens with zero attached hydrogens (tertiary/aromatic N) is 2. The van der Waals surface area contributed by atoms with E-state index >= 15 is 0 Å². The van der Waals surface area contributed by atoms with E-state index in [1.807, 2.05) is 13.1 Å². The van der Waals surface area contributed by atoms with Crippen molar-refractivity contribution in [1.82, 2.24) is 9.80 Å². The molecule has 1 amide bonds. The van der Waals surface area contributed by atoms with Gasteiger partial charge in [-0.1, -0.05) is 18.2 Å². The Morgan fingerprint density at radius 2 is 2.05 bits per heavy atom. The molecule has 38 heavy (non-hydrogen) atoms. The Kier molecular flexibility index (Phi) is 5.53. The van der Waals surface area contributed by atoms with Crippen molar-refractivity contribution in [2.75, 3.05) is 20.6 Å². The number of amides is 1. The van der Waals surface area contributed by atoms with E-state index in [0.717, 1.165) is 17.7 Å². The lowest BCUT2D eigenvalue weighted by Crippen LogP contribution is -2.77. The molecule has 2 aromatic rings. The van der Waals surface area contributed by atoms with Gasteiger partial charge in [-0.15, -0.1) is 13.2 Å². The first-order valence-electron chi connectivity index (χ1n) is 12.7. The van der Waals surface area contributed by atoms with Gasteiger partial charge in [0.2, 0.25) is 5.91 Å². The number of piperidine rings is 1. The fourth-order valence-electron chi connectivity index (χ4n) is 7.39. The fraction of sp³-hybridized carbons (Fsp3) is 0.464.